The molecule has 1 aromatic rings. The van der Waals surface area contributed by atoms with Gasteiger partial charge in [-0.15, -0.1) is 0 Å². The number of hydrogen-bond acceptors (Lipinski definition) is 5. The van der Waals surface area contributed by atoms with Crippen molar-refractivity contribution in [2.24, 2.45) is 16.9 Å². The molecule has 0 saturated heterocycles. The Morgan fingerprint density at radius 3 is 2.55 bits per heavy atom. The molecule has 6 nitrogen and oxygen atoms in total. The Labute approximate surface area is 119 Å². The van der Waals surface area contributed by atoms with E-state index in [4.69, 9.17) is 16.2 Å². The maximum absolute atomic E-state index is 11.9. The summed E-state index contributed by atoms with van der Waals surface area (Å²) in [6.07, 6.45) is 0. The van der Waals surface area contributed by atoms with Crippen LogP contribution in [0.1, 0.15) is 5.56 Å². The summed E-state index contributed by atoms with van der Waals surface area (Å²) < 4.78 is 5.56. The molecule has 20 heavy (non-hydrogen) atoms. The molecule has 0 heterocycles. The van der Waals surface area contributed by atoms with Crippen molar-refractivity contribution in [3.63, 3.8) is 0 Å². The summed E-state index contributed by atoms with van der Waals surface area (Å²) in [4.78, 5) is 11.9. The van der Waals surface area contributed by atoms with Gasteiger partial charge in [0.25, 0.3) is 0 Å². The first-order chi connectivity index (χ1) is 9.59. The molecule has 0 saturated carbocycles. The number of nitrogens with two attached hydrogens (primary N) is 2. The molecule has 1 amide bonds. The number of carbonyl (C=O) groups excluding carboxylic acids is 1. The first-order valence-corrected chi connectivity index (χ1v) is 6.57. The Balaban J connectivity index is 2.41. The minimum Gasteiger partial charge on any atom is -0.491 e. The van der Waals surface area contributed by atoms with Crippen molar-refractivity contribution in [1.82, 2.24) is 5.32 Å². The van der Waals surface area contributed by atoms with Crippen LogP contribution in [0.15, 0.2) is 24.3 Å². The van der Waals surface area contributed by atoms with E-state index in [1.54, 1.807) is 0 Å². The molecule has 1 aromatic carbocycles. The van der Waals surface area contributed by atoms with Gasteiger partial charge in [-0.05, 0) is 18.6 Å². The van der Waals surface area contributed by atoms with Crippen molar-refractivity contribution < 1.29 is 14.6 Å². The first kappa shape index (κ1) is 16.4. The molecule has 0 spiro atoms. The van der Waals surface area contributed by atoms with E-state index in [0.29, 0.717) is 13.2 Å². The van der Waals surface area contributed by atoms with Gasteiger partial charge in [0.05, 0.1) is 18.6 Å². The molecule has 0 bridgehead atoms. The van der Waals surface area contributed by atoms with E-state index in [2.05, 4.69) is 5.32 Å². The second-order valence-electron chi connectivity index (χ2n) is 4.72. The van der Waals surface area contributed by atoms with Gasteiger partial charge < -0.3 is 26.6 Å². The lowest BCUT2D eigenvalue weighted by atomic mass is 9.88. The van der Waals surface area contributed by atoms with Gasteiger partial charge in [0.2, 0.25) is 5.91 Å². The maximum Gasteiger partial charge on any atom is 0.231 e. The van der Waals surface area contributed by atoms with Crippen LogP contribution in [0, 0.1) is 12.3 Å². The van der Waals surface area contributed by atoms with Crippen LogP contribution in [-0.2, 0) is 4.79 Å². The van der Waals surface area contributed by atoms with Gasteiger partial charge in [-0.3, -0.25) is 4.79 Å². The fourth-order valence-electron chi connectivity index (χ4n) is 1.70. The Kier molecular flexibility index (Phi) is 6.44. The lowest BCUT2D eigenvalue weighted by molar-refractivity contribution is -0.132. The van der Waals surface area contributed by atoms with E-state index < -0.39 is 5.41 Å². The Bertz CT molecular complexity index is 425. The van der Waals surface area contributed by atoms with E-state index in [-0.39, 0.29) is 25.6 Å². The highest BCUT2D eigenvalue weighted by Gasteiger charge is 2.34. The third-order valence-electron chi connectivity index (χ3n) is 3.30. The number of nitrogens with one attached hydrogen (secondary N) is 1. The van der Waals surface area contributed by atoms with Gasteiger partial charge in [-0.2, -0.15) is 0 Å². The smallest absolute Gasteiger partial charge is 0.231 e. The molecular formula is C14H23N3O3. The summed E-state index contributed by atoms with van der Waals surface area (Å²) in [5, 5.41) is 11.9. The lowest BCUT2D eigenvalue weighted by Crippen LogP contribution is -2.53. The monoisotopic (exact) mass is 281 g/mol. The van der Waals surface area contributed by atoms with Crippen molar-refractivity contribution in [3.8, 4) is 5.75 Å². The summed E-state index contributed by atoms with van der Waals surface area (Å²) in [6.45, 7) is 2.26. The number of hydrogen-bond donors (Lipinski definition) is 4. The normalized spacial score (nSPS) is 11.2. The summed E-state index contributed by atoms with van der Waals surface area (Å²) in [5.41, 5.74) is 11.0. The van der Waals surface area contributed by atoms with Gasteiger partial charge in [-0.1, -0.05) is 18.2 Å². The summed E-state index contributed by atoms with van der Waals surface area (Å²) >= 11 is 0. The van der Waals surface area contributed by atoms with Gasteiger partial charge in [-0.25, -0.2) is 0 Å². The van der Waals surface area contributed by atoms with Crippen LogP contribution < -0.4 is 21.5 Å². The van der Waals surface area contributed by atoms with E-state index in [0.717, 1.165) is 11.3 Å². The number of rotatable bonds is 8. The van der Waals surface area contributed by atoms with Crippen LogP contribution in [0.3, 0.4) is 0 Å². The van der Waals surface area contributed by atoms with E-state index >= 15 is 0 Å². The molecule has 0 aromatic heterocycles. The largest absolute Gasteiger partial charge is 0.491 e. The second kappa shape index (κ2) is 7.84. The molecule has 0 fully saturated rings. The number of amides is 1. The van der Waals surface area contributed by atoms with E-state index in [1.165, 1.54) is 0 Å². The van der Waals surface area contributed by atoms with E-state index in [9.17, 15) is 9.90 Å². The molecule has 6 heteroatoms. The maximum atomic E-state index is 11.9. The summed E-state index contributed by atoms with van der Waals surface area (Å²) in [7, 11) is 0. The quantitative estimate of drug-likeness (QED) is 0.475. The number of aliphatic hydroxyl groups is 1. The number of para-hydroxylation sites is 1. The minimum absolute atomic E-state index is 0.00445. The summed E-state index contributed by atoms with van der Waals surface area (Å²) in [6, 6.07) is 7.64. The highest BCUT2D eigenvalue weighted by atomic mass is 16.5. The Morgan fingerprint density at radius 2 is 2.00 bits per heavy atom. The molecule has 0 aliphatic rings. The zero-order valence-electron chi connectivity index (χ0n) is 11.8. The summed E-state index contributed by atoms with van der Waals surface area (Å²) in [5.74, 6) is 0.436. The SMILES string of the molecule is Cc1ccccc1OCCNC(=O)C(CN)(CN)CO. The van der Waals surface area contributed by atoms with Crippen LogP contribution in [0.4, 0.5) is 0 Å². The van der Waals surface area contributed by atoms with Gasteiger partial charge >= 0.3 is 0 Å². The zero-order chi connectivity index (χ0) is 15.0. The van der Waals surface area contributed by atoms with Crippen molar-refractivity contribution >= 4 is 5.91 Å². The van der Waals surface area contributed by atoms with E-state index in [1.807, 2.05) is 31.2 Å². The van der Waals surface area contributed by atoms with Gasteiger partial charge in [0.1, 0.15) is 12.4 Å². The van der Waals surface area contributed by atoms with Crippen molar-refractivity contribution in [2.75, 3.05) is 32.8 Å². The highest BCUT2D eigenvalue weighted by Crippen LogP contribution is 2.16. The second-order valence-corrected chi connectivity index (χ2v) is 4.72. The average Bonchev–Trinajstić information content (AvgIpc) is 2.48. The third kappa shape index (κ3) is 3.93. The minimum atomic E-state index is -1.11. The van der Waals surface area contributed by atoms with Crippen molar-refractivity contribution in [2.45, 2.75) is 6.92 Å². The standard InChI is InChI=1S/C14H23N3O3/c1-11-4-2-3-5-12(11)20-7-6-17-13(19)14(8-15,9-16)10-18/h2-5,18H,6-10,15-16H2,1H3,(H,17,19). The molecule has 0 radical (unpaired) electrons. The number of ether oxygens (including phenoxy) is 1. The molecular weight excluding hydrogens is 258 g/mol. The predicted molar refractivity (Wildman–Crippen MR) is 77.3 cm³/mol. The van der Waals surface area contributed by atoms with Crippen LogP contribution in [0.25, 0.3) is 0 Å². The van der Waals surface area contributed by atoms with Crippen LogP contribution in [-0.4, -0.2) is 43.9 Å². The zero-order valence-corrected chi connectivity index (χ0v) is 11.8. The average molecular weight is 281 g/mol. The fraction of sp³-hybridized carbons (Fsp3) is 0.500. The molecule has 0 aliphatic heterocycles. The van der Waals surface area contributed by atoms with Crippen LogP contribution in [0.5, 0.6) is 5.75 Å². The topological polar surface area (TPSA) is 111 Å². The molecule has 0 atom stereocenters. The molecule has 1 rings (SSSR count). The highest BCUT2D eigenvalue weighted by molar-refractivity contribution is 5.83. The van der Waals surface area contributed by atoms with Crippen LogP contribution >= 0.6 is 0 Å². The molecule has 112 valence electrons. The number of aliphatic hydroxyl groups excluding tert-OH is 1. The first-order valence-electron chi connectivity index (χ1n) is 6.57. The van der Waals surface area contributed by atoms with Gasteiger partial charge in [0, 0.05) is 13.1 Å². The molecule has 6 N–H and O–H groups in total. The Morgan fingerprint density at radius 1 is 1.35 bits per heavy atom. The van der Waals surface area contributed by atoms with Crippen molar-refractivity contribution in [3.05, 3.63) is 29.8 Å². The molecule has 0 unspecified atom stereocenters. The number of benzene rings is 1. The predicted octanol–water partition coefficient (Wildman–Crippen LogP) is -0.614. The van der Waals surface area contributed by atoms with Crippen LogP contribution in [0.2, 0.25) is 0 Å². The molecule has 0 aliphatic carbocycles. The van der Waals surface area contributed by atoms with Gasteiger partial charge in [0.15, 0.2) is 0 Å². The number of aryl methyl sites for hydroxylation is 1. The number of carbonyl (C=O) groups is 1. The Hall–Kier alpha value is -1.63. The fourth-order valence-corrected chi connectivity index (χ4v) is 1.70. The lowest BCUT2D eigenvalue weighted by Gasteiger charge is -2.27. The third-order valence-corrected chi connectivity index (χ3v) is 3.30. The van der Waals surface area contributed by atoms with Crippen molar-refractivity contribution in [1.29, 1.82) is 0 Å².